The van der Waals surface area contributed by atoms with E-state index in [1.807, 2.05) is 42.6 Å². The zero-order valence-corrected chi connectivity index (χ0v) is 12.4. The number of aromatic amines is 1. The molecule has 22 heavy (non-hydrogen) atoms. The van der Waals surface area contributed by atoms with Gasteiger partial charge in [0, 0.05) is 30.4 Å². The van der Waals surface area contributed by atoms with Crippen LogP contribution in [0.3, 0.4) is 0 Å². The second-order valence-electron chi connectivity index (χ2n) is 5.17. The Labute approximate surface area is 129 Å². The first-order valence-corrected chi connectivity index (χ1v) is 7.28. The molecule has 3 rings (SSSR count). The van der Waals surface area contributed by atoms with Crippen LogP contribution in [0.4, 0.5) is 5.69 Å². The normalized spacial score (nSPS) is 10.6. The lowest BCUT2D eigenvalue weighted by Gasteiger charge is -2.07. The molecular weight excluding hydrogens is 276 g/mol. The average molecular weight is 294 g/mol. The van der Waals surface area contributed by atoms with Crippen molar-refractivity contribution in [2.45, 2.75) is 13.3 Å². The summed E-state index contributed by atoms with van der Waals surface area (Å²) in [6.07, 6.45) is 2.63. The lowest BCUT2D eigenvalue weighted by atomic mass is 10.1. The summed E-state index contributed by atoms with van der Waals surface area (Å²) in [5.41, 5.74) is 3.00. The van der Waals surface area contributed by atoms with Gasteiger partial charge in [-0.3, -0.25) is 4.79 Å². The smallest absolute Gasteiger partial charge is 0.221 e. The van der Waals surface area contributed by atoms with Crippen molar-refractivity contribution in [3.63, 3.8) is 0 Å². The van der Waals surface area contributed by atoms with Gasteiger partial charge in [0.2, 0.25) is 5.91 Å². The third-order valence-corrected chi connectivity index (χ3v) is 3.46. The van der Waals surface area contributed by atoms with Gasteiger partial charge >= 0.3 is 0 Å². The summed E-state index contributed by atoms with van der Waals surface area (Å²) in [4.78, 5) is 14.4. The first kappa shape index (κ1) is 14.2. The monoisotopic (exact) mass is 294 g/mol. The van der Waals surface area contributed by atoms with Crippen LogP contribution in [-0.2, 0) is 11.2 Å². The second kappa shape index (κ2) is 6.35. The highest BCUT2D eigenvalue weighted by molar-refractivity contribution is 6.01. The Balaban J connectivity index is 1.70. The fourth-order valence-corrected chi connectivity index (χ4v) is 2.42. The van der Waals surface area contributed by atoms with Crippen LogP contribution in [0, 0.1) is 0 Å². The highest BCUT2D eigenvalue weighted by Gasteiger charge is 2.06. The Hall–Kier alpha value is -2.75. The molecular formula is C18H18N2O2. The second-order valence-corrected chi connectivity index (χ2v) is 5.17. The molecule has 4 heteroatoms. The maximum Gasteiger partial charge on any atom is 0.221 e. The molecule has 1 amide bonds. The molecule has 0 fully saturated rings. The van der Waals surface area contributed by atoms with Gasteiger partial charge < -0.3 is 15.0 Å². The van der Waals surface area contributed by atoms with E-state index in [0.29, 0.717) is 6.61 Å². The number of carbonyl (C=O) groups is 1. The number of hydrogen-bond acceptors (Lipinski definition) is 2. The molecule has 0 spiro atoms. The minimum atomic E-state index is -0.0706. The summed E-state index contributed by atoms with van der Waals surface area (Å²) in [6.45, 7) is 2.13. The van der Waals surface area contributed by atoms with Gasteiger partial charge in [0.15, 0.2) is 0 Å². The van der Waals surface area contributed by atoms with Gasteiger partial charge in [-0.15, -0.1) is 0 Å². The molecule has 0 bridgehead atoms. The van der Waals surface area contributed by atoms with Crippen LogP contribution < -0.4 is 10.1 Å². The zero-order valence-electron chi connectivity index (χ0n) is 12.4. The number of aromatic nitrogens is 1. The Morgan fingerprint density at radius 3 is 2.77 bits per heavy atom. The molecule has 0 saturated heterocycles. The minimum absolute atomic E-state index is 0.0706. The van der Waals surface area contributed by atoms with Crippen molar-refractivity contribution in [3.05, 3.63) is 60.3 Å². The van der Waals surface area contributed by atoms with Crippen LogP contribution in [-0.4, -0.2) is 17.5 Å². The fraction of sp³-hybridized carbons (Fsp3) is 0.167. The van der Waals surface area contributed by atoms with Crippen molar-refractivity contribution in [1.29, 1.82) is 0 Å². The van der Waals surface area contributed by atoms with Crippen molar-refractivity contribution in [2.24, 2.45) is 0 Å². The fourth-order valence-electron chi connectivity index (χ4n) is 2.42. The first-order chi connectivity index (χ1) is 10.7. The Morgan fingerprint density at radius 1 is 1.18 bits per heavy atom. The molecule has 0 radical (unpaired) electrons. The largest absolute Gasteiger partial charge is 0.493 e. The summed E-state index contributed by atoms with van der Waals surface area (Å²) in [5, 5.41) is 3.86. The van der Waals surface area contributed by atoms with Crippen molar-refractivity contribution in [3.8, 4) is 5.75 Å². The average Bonchev–Trinajstić information content (AvgIpc) is 2.90. The Morgan fingerprint density at radius 2 is 2.00 bits per heavy atom. The number of para-hydroxylation sites is 1. The number of ether oxygens (including phenoxy) is 1. The van der Waals surface area contributed by atoms with Crippen molar-refractivity contribution < 1.29 is 9.53 Å². The molecule has 0 unspecified atom stereocenters. The predicted octanol–water partition coefficient (Wildman–Crippen LogP) is 3.75. The van der Waals surface area contributed by atoms with E-state index in [1.165, 1.54) is 12.5 Å². The molecule has 2 aromatic carbocycles. The Bertz CT molecular complexity index is 778. The van der Waals surface area contributed by atoms with Gasteiger partial charge in [0.1, 0.15) is 5.75 Å². The van der Waals surface area contributed by atoms with Crippen molar-refractivity contribution in [1.82, 2.24) is 4.98 Å². The van der Waals surface area contributed by atoms with Gasteiger partial charge in [-0.05, 0) is 29.8 Å². The number of amides is 1. The van der Waals surface area contributed by atoms with Crippen LogP contribution in [0.1, 0.15) is 12.5 Å². The van der Waals surface area contributed by atoms with Crippen LogP contribution in [0.5, 0.6) is 5.75 Å². The quantitative estimate of drug-likeness (QED) is 0.753. The topological polar surface area (TPSA) is 54.1 Å². The van der Waals surface area contributed by atoms with E-state index in [9.17, 15) is 4.79 Å². The molecule has 4 nitrogen and oxygen atoms in total. The molecule has 2 N–H and O–H groups in total. The molecule has 0 saturated carbocycles. The maximum absolute atomic E-state index is 11.2. The van der Waals surface area contributed by atoms with Crippen molar-refractivity contribution >= 4 is 22.5 Å². The third-order valence-electron chi connectivity index (χ3n) is 3.46. The van der Waals surface area contributed by atoms with E-state index in [0.717, 1.165) is 28.8 Å². The van der Waals surface area contributed by atoms with E-state index < -0.39 is 0 Å². The van der Waals surface area contributed by atoms with Gasteiger partial charge in [0.05, 0.1) is 12.3 Å². The minimum Gasteiger partial charge on any atom is -0.493 e. The molecule has 0 aliphatic rings. The molecule has 3 aromatic rings. The number of anilines is 1. The first-order valence-electron chi connectivity index (χ1n) is 7.28. The van der Waals surface area contributed by atoms with Gasteiger partial charge in [-0.2, -0.15) is 0 Å². The van der Waals surface area contributed by atoms with Crippen LogP contribution in [0.25, 0.3) is 10.9 Å². The van der Waals surface area contributed by atoms with E-state index in [2.05, 4.69) is 22.4 Å². The molecule has 0 aliphatic heterocycles. The van der Waals surface area contributed by atoms with Crippen molar-refractivity contribution in [2.75, 3.05) is 11.9 Å². The van der Waals surface area contributed by atoms with E-state index in [1.54, 1.807) is 0 Å². The highest BCUT2D eigenvalue weighted by atomic mass is 16.5. The van der Waals surface area contributed by atoms with Crippen LogP contribution >= 0.6 is 0 Å². The molecule has 1 aromatic heterocycles. The maximum atomic E-state index is 11.2. The van der Waals surface area contributed by atoms with Gasteiger partial charge in [-0.25, -0.2) is 0 Å². The summed E-state index contributed by atoms with van der Waals surface area (Å²) < 4.78 is 5.72. The SMILES string of the molecule is CC(=O)Nc1c[nH]c2ccc(CCOc3ccccc3)cc12. The molecule has 0 atom stereocenters. The summed E-state index contributed by atoms with van der Waals surface area (Å²) in [5.74, 6) is 0.808. The number of fused-ring (bicyclic) bond motifs is 1. The summed E-state index contributed by atoms with van der Waals surface area (Å²) >= 11 is 0. The van der Waals surface area contributed by atoms with E-state index in [-0.39, 0.29) is 5.91 Å². The number of hydrogen-bond donors (Lipinski definition) is 2. The van der Waals surface area contributed by atoms with E-state index in [4.69, 9.17) is 4.74 Å². The Kier molecular flexibility index (Phi) is 4.10. The molecule has 112 valence electrons. The number of carbonyl (C=O) groups excluding carboxylic acids is 1. The van der Waals surface area contributed by atoms with Crippen LogP contribution in [0.2, 0.25) is 0 Å². The third kappa shape index (κ3) is 3.28. The summed E-state index contributed by atoms with van der Waals surface area (Å²) in [7, 11) is 0. The highest BCUT2D eigenvalue weighted by Crippen LogP contribution is 2.24. The number of nitrogens with one attached hydrogen (secondary N) is 2. The predicted molar refractivity (Wildman–Crippen MR) is 88.2 cm³/mol. The van der Waals surface area contributed by atoms with Gasteiger partial charge in [-0.1, -0.05) is 24.3 Å². The number of rotatable bonds is 5. The summed E-state index contributed by atoms with van der Waals surface area (Å²) in [6, 6.07) is 16.0. The van der Waals surface area contributed by atoms with E-state index >= 15 is 0 Å². The molecule has 1 heterocycles. The lowest BCUT2D eigenvalue weighted by Crippen LogP contribution is -2.05. The number of H-pyrrole nitrogens is 1. The molecule has 0 aliphatic carbocycles. The standard InChI is InChI=1S/C18H18N2O2/c1-13(21)20-18-12-19-17-8-7-14(11-16(17)18)9-10-22-15-5-3-2-4-6-15/h2-8,11-12,19H,9-10H2,1H3,(H,20,21). The van der Waals surface area contributed by atoms with Crippen LogP contribution in [0.15, 0.2) is 54.7 Å². The van der Waals surface area contributed by atoms with Gasteiger partial charge in [0.25, 0.3) is 0 Å². The number of benzene rings is 2. The zero-order chi connectivity index (χ0) is 15.4. The lowest BCUT2D eigenvalue weighted by molar-refractivity contribution is -0.114.